The summed E-state index contributed by atoms with van der Waals surface area (Å²) in [7, 11) is -3.18. The number of oxazole rings is 1. The summed E-state index contributed by atoms with van der Waals surface area (Å²) in [6.07, 6.45) is 1.48. The molecule has 1 aliphatic rings. The van der Waals surface area contributed by atoms with Crippen LogP contribution in [0.5, 0.6) is 0 Å². The predicted molar refractivity (Wildman–Crippen MR) is 72.9 cm³/mol. The fourth-order valence-corrected chi connectivity index (χ4v) is 3.33. The van der Waals surface area contributed by atoms with Crippen molar-refractivity contribution in [2.75, 3.05) is 5.75 Å². The lowest BCUT2D eigenvalue weighted by molar-refractivity contribution is 0.0947. The van der Waals surface area contributed by atoms with Gasteiger partial charge in [0.05, 0.1) is 11.8 Å². The first kappa shape index (κ1) is 12.9. The Morgan fingerprint density at radius 1 is 1.45 bits per heavy atom. The van der Waals surface area contributed by atoms with Gasteiger partial charge in [0.25, 0.3) is 5.91 Å². The smallest absolute Gasteiger partial charge is 0.251 e. The molecule has 3 rings (SSSR count). The minimum absolute atomic E-state index is 0.0948. The molecular formula is C13H12N2O4S. The number of nitrogens with zero attached hydrogens (tertiary/aromatic N) is 1. The third-order valence-electron chi connectivity index (χ3n) is 3.00. The first-order valence-electron chi connectivity index (χ1n) is 6.02. The van der Waals surface area contributed by atoms with Gasteiger partial charge in [0.15, 0.2) is 21.3 Å². The third-order valence-corrected chi connectivity index (χ3v) is 4.40. The highest BCUT2D eigenvalue weighted by Crippen LogP contribution is 2.17. The van der Waals surface area contributed by atoms with Crippen LogP contribution in [0.15, 0.2) is 34.1 Å². The second kappa shape index (κ2) is 4.45. The molecule has 104 valence electrons. The monoisotopic (exact) mass is 292 g/mol. The van der Waals surface area contributed by atoms with Crippen LogP contribution in [0.2, 0.25) is 0 Å². The molecule has 0 spiro atoms. The van der Waals surface area contributed by atoms with Crippen LogP contribution in [-0.2, 0) is 9.84 Å². The Labute approximate surface area is 115 Å². The lowest BCUT2D eigenvalue weighted by Crippen LogP contribution is -2.35. The van der Waals surface area contributed by atoms with Gasteiger partial charge < -0.3 is 9.73 Å². The van der Waals surface area contributed by atoms with Gasteiger partial charge in [-0.1, -0.05) is 0 Å². The SMILES string of the molecule is Cc1nc2ccc(C(=O)N[C@H]3C=CS(=O)(=O)C3)cc2o1. The number of nitrogens with one attached hydrogen (secondary N) is 1. The molecule has 0 radical (unpaired) electrons. The first-order chi connectivity index (χ1) is 9.43. The zero-order chi connectivity index (χ0) is 14.3. The molecular weight excluding hydrogens is 280 g/mol. The van der Waals surface area contributed by atoms with Crippen LogP contribution in [0, 0.1) is 6.92 Å². The highest BCUT2D eigenvalue weighted by Gasteiger charge is 2.23. The minimum atomic E-state index is -3.18. The van der Waals surface area contributed by atoms with Crippen molar-refractivity contribution in [2.24, 2.45) is 0 Å². The summed E-state index contributed by atoms with van der Waals surface area (Å²) in [5.41, 5.74) is 1.62. The van der Waals surface area contributed by atoms with E-state index in [0.29, 0.717) is 22.6 Å². The van der Waals surface area contributed by atoms with Crippen molar-refractivity contribution in [1.29, 1.82) is 0 Å². The predicted octanol–water partition coefficient (Wildman–Crippen LogP) is 1.18. The lowest BCUT2D eigenvalue weighted by Gasteiger charge is -2.09. The highest BCUT2D eigenvalue weighted by atomic mass is 32.2. The van der Waals surface area contributed by atoms with E-state index in [-0.39, 0.29) is 11.7 Å². The number of amides is 1. The largest absolute Gasteiger partial charge is 0.441 e. The number of hydrogen-bond donors (Lipinski definition) is 1. The van der Waals surface area contributed by atoms with Crippen molar-refractivity contribution in [1.82, 2.24) is 10.3 Å². The van der Waals surface area contributed by atoms with E-state index in [9.17, 15) is 13.2 Å². The Morgan fingerprint density at radius 2 is 2.25 bits per heavy atom. The molecule has 20 heavy (non-hydrogen) atoms. The van der Waals surface area contributed by atoms with Crippen molar-refractivity contribution in [3.8, 4) is 0 Å². The Balaban J connectivity index is 1.80. The van der Waals surface area contributed by atoms with E-state index in [0.717, 1.165) is 5.41 Å². The Bertz CT molecular complexity index is 820. The molecule has 2 aromatic rings. The Morgan fingerprint density at radius 3 is 2.95 bits per heavy atom. The zero-order valence-corrected chi connectivity index (χ0v) is 11.5. The molecule has 2 heterocycles. The maximum absolute atomic E-state index is 12.1. The summed E-state index contributed by atoms with van der Waals surface area (Å²) >= 11 is 0. The molecule has 1 aromatic heterocycles. The van der Waals surface area contributed by atoms with Crippen molar-refractivity contribution >= 4 is 26.8 Å². The molecule has 0 bridgehead atoms. The third kappa shape index (κ3) is 2.44. The van der Waals surface area contributed by atoms with Crippen molar-refractivity contribution in [2.45, 2.75) is 13.0 Å². The van der Waals surface area contributed by atoms with Crippen LogP contribution in [0.25, 0.3) is 11.1 Å². The number of benzene rings is 1. The second-order valence-corrected chi connectivity index (χ2v) is 6.58. The van der Waals surface area contributed by atoms with E-state index >= 15 is 0 Å². The molecule has 0 aliphatic carbocycles. The van der Waals surface area contributed by atoms with Crippen LogP contribution in [0.1, 0.15) is 16.2 Å². The molecule has 0 saturated carbocycles. The minimum Gasteiger partial charge on any atom is -0.441 e. The van der Waals surface area contributed by atoms with Crippen molar-refractivity contribution in [3.63, 3.8) is 0 Å². The van der Waals surface area contributed by atoms with Crippen LogP contribution < -0.4 is 5.32 Å². The van der Waals surface area contributed by atoms with Gasteiger partial charge in [-0.3, -0.25) is 4.79 Å². The fourth-order valence-electron chi connectivity index (χ4n) is 2.10. The van der Waals surface area contributed by atoms with Gasteiger partial charge in [-0.05, 0) is 24.3 Å². The van der Waals surface area contributed by atoms with Gasteiger partial charge >= 0.3 is 0 Å². The number of carbonyl (C=O) groups excluding carboxylic acids is 1. The molecule has 1 aromatic carbocycles. The number of rotatable bonds is 2. The van der Waals surface area contributed by atoms with E-state index < -0.39 is 15.9 Å². The van der Waals surface area contributed by atoms with E-state index in [1.165, 1.54) is 6.08 Å². The summed E-state index contributed by atoms with van der Waals surface area (Å²) < 4.78 is 27.9. The Hall–Kier alpha value is -2.15. The van der Waals surface area contributed by atoms with Gasteiger partial charge in [-0.25, -0.2) is 13.4 Å². The number of hydrogen-bond acceptors (Lipinski definition) is 5. The maximum Gasteiger partial charge on any atom is 0.251 e. The molecule has 0 fully saturated rings. The molecule has 1 N–H and O–H groups in total. The van der Waals surface area contributed by atoms with Crippen LogP contribution in [-0.4, -0.2) is 31.1 Å². The van der Waals surface area contributed by atoms with Crippen LogP contribution in [0.4, 0.5) is 0 Å². The quantitative estimate of drug-likeness (QED) is 0.897. The fraction of sp³-hybridized carbons (Fsp3) is 0.231. The molecule has 0 unspecified atom stereocenters. The molecule has 1 amide bonds. The van der Waals surface area contributed by atoms with E-state index in [4.69, 9.17) is 4.42 Å². The van der Waals surface area contributed by atoms with Crippen LogP contribution in [0.3, 0.4) is 0 Å². The average Bonchev–Trinajstić information content (AvgIpc) is 2.89. The number of fused-ring (bicyclic) bond motifs is 1. The number of carbonyl (C=O) groups is 1. The topological polar surface area (TPSA) is 89.3 Å². The summed E-state index contributed by atoms with van der Waals surface area (Å²) in [5, 5.41) is 3.78. The lowest BCUT2D eigenvalue weighted by atomic mass is 10.2. The van der Waals surface area contributed by atoms with Crippen molar-refractivity contribution < 1.29 is 17.6 Å². The maximum atomic E-state index is 12.1. The summed E-state index contributed by atoms with van der Waals surface area (Å²) in [4.78, 5) is 16.2. The van der Waals surface area contributed by atoms with E-state index in [1.54, 1.807) is 25.1 Å². The van der Waals surface area contributed by atoms with Gasteiger partial charge in [-0.15, -0.1) is 0 Å². The van der Waals surface area contributed by atoms with Crippen molar-refractivity contribution in [3.05, 3.63) is 41.1 Å². The van der Waals surface area contributed by atoms with Gasteiger partial charge in [-0.2, -0.15) is 0 Å². The summed E-state index contributed by atoms with van der Waals surface area (Å²) in [5.74, 6) is 0.0950. The summed E-state index contributed by atoms with van der Waals surface area (Å²) in [6.45, 7) is 1.73. The normalized spacial score (nSPS) is 20.4. The van der Waals surface area contributed by atoms with E-state index in [1.807, 2.05) is 0 Å². The molecule has 0 saturated heterocycles. The molecule has 7 heteroatoms. The van der Waals surface area contributed by atoms with Gasteiger partial charge in [0.2, 0.25) is 0 Å². The van der Waals surface area contributed by atoms with Crippen LogP contribution >= 0.6 is 0 Å². The van der Waals surface area contributed by atoms with Gasteiger partial charge in [0.1, 0.15) is 5.52 Å². The number of aryl methyl sites for hydroxylation is 1. The Kier molecular flexibility index (Phi) is 2.86. The average molecular weight is 292 g/mol. The highest BCUT2D eigenvalue weighted by molar-refractivity contribution is 7.94. The number of aromatic nitrogens is 1. The number of sulfone groups is 1. The molecule has 1 aliphatic heterocycles. The molecule has 6 nitrogen and oxygen atoms in total. The summed E-state index contributed by atoms with van der Waals surface area (Å²) in [6, 6.07) is 4.44. The second-order valence-electron chi connectivity index (χ2n) is 4.65. The zero-order valence-electron chi connectivity index (χ0n) is 10.7. The van der Waals surface area contributed by atoms with E-state index in [2.05, 4.69) is 10.3 Å². The molecule has 1 atom stereocenters. The standard InChI is InChI=1S/C13H12N2O4S/c1-8-14-11-3-2-9(6-12(11)19-8)13(16)15-10-4-5-20(17,18)7-10/h2-6,10H,7H2,1H3,(H,15,16)/t10-/m0/s1. The first-order valence-corrected chi connectivity index (χ1v) is 7.73. The van der Waals surface area contributed by atoms with Gasteiger partial charge in [0, 0.05) is 17.9 Å².